The van der Waals surface area contributed by atoms with E-state index in [2.05, 4.69) is 5.32 Å². The highest BCUT2D eigenvalue weighted by Gasteiger charge is 2.26. The Bertz CT molecular complexity index is 601. The zero-order chi connectivity index (χ0) is 14.0. The van der Waals surface area contributed by atoms with E-state index >= 15 is 0 Å². The third-order valence-electron chi connectivity index (χ3n) is 3.06. The van der Waals surface area contributed by atoms with Crippen LogP contribution in [0.4, 0.5) is 5.69 Å². The van der Waals surface area contributed by atoms with Gasteiger partial charge in [0.2, 0.25) is 0 Å². The Kier molecular flexibility index (Phi) is 4.01. The molecule has 1 aliphatic heterocycles. The van der Waals surface area contributed by atoms with Crippen LogP contribution < -0.4 is 11.1 Å². The molecule has 0 saturated carbocycles. The summed E-state index contributed by atoms with van der Waals surface area (Å²) in [5, 5.41) is 3.16. The van der Waals surface area contributed by atoms with Gasteiger partial charge in [0.25, 0.3) is 5.91 Å². The van der Waals surface area contributed by atoms with Crippen molar-refractivity contribution in [2.24, 2.45) is 0 Å². The van der Waals surface area contributed by atoms with Crippen molar-refractivity contribution in [3.8, 4) is 0 Å². The molecule has 1 aromatic rings. The standard InChI is InChI=1S/C12H15ClN2O3S/c13-8-3-4-10(11(14)6-8)12(16)15-9-2-1-5-19(17,18)7-9/h3-4,6,9H,1-2,5,7,14H2,(H,15,16). The molecule has 1 fully saturated rings. The lowest BCUT2D eigenvalue weighted by molar-refractivity contribution is 0.0939. The summed E-state index contributed by atoms with van der Waals surface area (Å²) in [4.78, 5) is 12.0. The number of anilines is 1. The lowest BCUT2D eigenvalue weighted by Gasteiger charge is -2.23. The summed E-state index contributed by atoms with van der Waals surface area (Å²) in [6.45, 7) is 0. The minimum atomic E-state index is -3.04. The van der Waals surface area contributed by atoms with Crippen molar-refractivity contribution in [1.29, 1.82) is 0 Å². The van der Waals surface area contributed by atoms with Crippen LogP contribution in [0, 0.1) is 0 Å². The number of hydrogen-bond donors (Lipinski definition) is 2. The van der Waals surface area contributed by atoms with Gasteiger partial charge in [-0.1, -0.05) is 11.6 Å². The first kappa shape index (κ1) is 14.1. The Balaban J connectivity index is 2.09. The average molecular weight is 303 g/mol. The normalized spacial score (nSPS) is 21.8. The van der Waals surface area contributed by atoms with Crippen LogP contribution >= 0.6 is 11.6 Å². The van der Waals surface area contributed by atoms with Crippen LogP contribution in [0.5, 0.6) is 0 Å². The third kappa shape index (κ3) is 3.61. The van der Waals surface area contributed by atoms with Crippen molar-refractivity contribution in [3.05, 3.63) is 28.8 Å². The highest BCUT2D eigenvalue weighted by Crippen LogP contribution is 2.19. The van der Waals surface area contributed by atoms with E-state index in [1.807, 2.05) is 0 Å². The maximum Gasteiger partial charge on any atom is 0.253 e. The van der Waals surface area contributed by atoms with Crippen molar-refractivity contribution >= 4 is 33.0 Å². The number of rotatable bonds is 2. The number of carbonyl (C=O) groups excluding carboxylic acids is 1. The Labute approximate surface area is 117 Å². The van der Waals surface area contributed by atoms with E-state index in [0.29, 0.717) is 23.4 Å². The van der Waals surface area contributed by atoms with Crippen molar-refractivity contribution in [1.82, 2.24) is 5.32 Å². The molecule has 0 radical (unpaired) electrons. The van der Waals surface area contributed by atoms with Crippen LogP contribution in [0.1, 0.15) is 23.2 Å². The van der Waals surface area contributed by atoms with Gasteiger partial charge in [-0.2, -0.15) is 0 Å². The molecule has 1 aliphatic rings. The summed E-state index contributed by atoms with van der Waals surface area (Å²) in [5.41, 5.74) is 6.31. The van der Waals surface area contributed by atoms with Crippen LogP contribution in [0.25, 0.3) is 0 Å². The number of carbonyl (C=O) groups is 1. The number of halogens is 1. The zero-order valence-electron chi connectivity index (χ0n) is 10.2. The fourth-order valence-corrected chi connectivity index (χ4v) is 3.96. The molecule has 0 bridgehead atoms. The second kappa shape index (κ2) is 5.38. The molecular formula is C12H15ClN2O3S. The molecule has 1 amide bonds. The minimum absolute atomic E-state index is 0.00770. The van der Waals surface area contributed by atoms with E-state index in [1.165, 1.54) is 12.1 Å². The van der Waals surface area contributed by atoms with Crippen molar-refractivity contribution in [2.75, 3.05) is 17.2 Å². The van der Waals surface area contributed by atoms with Crippen molar-refractivity contribution in [2.45, 2.75) is 18.9 Å². The Morgan fingerprint density at radius 2 is 2.16 bits per heavy atom. The molecule has 1 unspecified atom stereocenters. The van der Waals surface area contributed by atoms with E-state index in [1.54, 1.807) is 6.07 Å². The quantitative estimate of drug-likeness (QED) is 0.804. The fraction of sp³-hybridized carbons (Fsp3) is 0.417. The van der Waals surface area contributed by atoms with Crippen LogP contribution in [-0.2, 0) is 9.84 Å². The van der Waals surface area contributed by atoms with Crippen LogP contribution in [0.2, 0.25) is 5.02 Å². The second-order valence-electron chi connectivity index (χ2n) is 4.66. The molecule has 19 heavy (non-hydrogen) atoms. The van der Waals surface area contributed by atoms with Crippen LogP contribution in [0.15, 0.2) is 18.2 Å². The Morgan fingerprint density at radius 1 is 1.42 bits per heavy atom. The van der Waals surface area contributed by atoms with E-state index in [4.69, 9.17) is 17.3 Å². The first-order chi connectivity index (χ1) is 8.87. The van der Waals surface area contributed by atoms with Gasteiger partial charge in [0.1, 0.15) is 0 Å². The summed E-state index contributed by atoms with van der Waals surface area (Å²) in [6.07, 6.45) is 1.24. The predicted octanol–water partition coefficient (Wildman–Crippen LogP) is 1.23. The van der Waals surface area contributed by atoms with E-state index in [0.717, 1.165) is 0 Å². The first-order valence-corrected chi connectivity index (χ1v) is 8.14. The summed E-state index contributed by atoms with van der Waals surface area (Å²) in [7, 11) is -3.04. The summed E-state index contributed by atoms with van der Waals surface area (Å²) < 4.78 is 23.0. The number of nitrogens with one attached hydrogen (secondary N) is 1. The molecule has 1 atom stereocenters. The van der Waals surface area contributed by atoms with E-state index in [9.17, 15) is 13.2 Å². The third-order valence-corrected chi connectivity index (χ3v) is 5.11. The van der Waals surface area contributed by atoms with Gasteiger partial charge in [-0.05, 0) is 31.0 Å². The summed E-state index contributed by atoms with van der Waals surface area (Å²) in [6, 6.07) is 4.25. The van der Waals surface area contributed by atoms with Gasteiger partial charge < -0.3 is 11.1 Å². The molecular weight excluding hydrogens is 288 g/mol. The number of nitrogen functional groups attached to an aromatic ring is 1. The number of nitrogens with two attached hydrogens (primary N) is 1. The molecule has 7 heteroatoms. The van der Waals surface area contributed by atoms with E-state index < -0.39 is 9.84 Å². The predicted molar refractivity (Wildman–Crippen MR) is 75.0 cm³/mol. The number of hydrogen-bond acceptors (Lipinski definition) is 4. The molecule has 1 saturated heterocycles. The van der Waals surface area contributed by atoms with E-state index in [-0.39, 0.29) is 29.1 Å². The molecule has 1 aromatic carbocycles. The molecule has 5 nitrogen and oxygen atoms in total. The summed E-state index contributed by atoms with van der Waals surface area (Å²) >= 11 is 5.76. The smallest absolute Gasteiger partial charge is 0.253 e. The lowest BCUT2D eigenvalue weighted by Crippen LogP contribution is -2.43. The summed E-state index contributed by atoms with van der Waals surface area (Å²) in [5.74, 6) is -0.175. The molecule has 0 aliphatic carbocycles. The number of sulfone groups is 1. The molecule has 0 spiro atoms. The topological polar surface area (TPSA) is 89.3 Å². The van der Waals surface area contributed by atoms with Gasteiger partial charge in [0, 0.05) is 16.8 Å². The molecule has 104 valence electrons. The molecule has 2 rings (SSSR count). The van der Waals surface area contributed by atoms with Crippen LogP contribution in [-0.4, -0.2) is 31.9 Å². The minimum Gasteiger partial charge on any atom is -0.398 e. The van der Waals surface area contributed by atoms with Gasteiger partial charge in [-0.15, -0.1) is 0 Å². The Hall–Kier alpha value is -1.27. The highest BCUT2D eigenvalue weighted by atomic mass is 35.5. The van der Waals surface area contributed by atoms with Gasteiger partial charge in [-0.25, -0.2) is 8.42 Å². The number of amides is 1. The van der Waals surface area contributed by atoms with Gasteiger partial charge >= 0.3 is 0 Å². The van der Waals surface area contributed by atoms with Gasteiger partial charge in [0.05, 0.1) is 17.1 Å². The molecule has 0 aromatic heterocycles. The number of benzene rings is 1. The monoisotopic (exact) mass is 302 g/mol. The molecule has 1 heterocycles. The largest absolute Gasteiger partial charge is 0.398 e. The van der Waals surface area contributed by atoms with Gasteiger partial charge in [0.15, 0.2) is 9.84 Å². The second-order valence-corrected chi connectivity index (χ2v) is 7.32. The maximum atomic E-state index is 12.0. The highest BCUT2D eigenvalue weighted by molar-refractivity contribution is 7.91. The molecule has 3 N–H and O–H groups in total. The Morgan fingerprint density at radius 3 is 2.79 bits per heavy atom. The zero-order valence-corrected chi connectivity index (χ0v) is 11.8. The van der Waals surface area contributed by atoms with Crippen LogP contribution in [0.3, 0.4) is 0 Å². The fourth-order valence-electron chi connectivity index (χ4n) is 2.14. The average Bonchev–Trinajstić information content (AvgIpc) is 2.27. The van der Waals surface area contributed by atoms with Crippen molar-refractivity contribution < 1.29 is 13.2 Å². The first-order valence-electron chi connectivity index (χ1n) is 5.94. The lowest BCUT2D eigenvalue weighted by atomic mass is 10.1. The maximum absolute atomic E-state index is 12.0. The van der Waals surface area contributed by atoms with Gasteiger partial charge in [-0.3, -0.25) is 4.79 Å². The SMILES string of the molecule is Nc1cc(Cl)ccc1C(=O)NC1CCCS(=O)(=O)C1. The van der Waals surface area contributed by atoms with Crippen molar-refractivity contribution in [3.63, 3.8) is 0 Å².